The van der Waals surface area contributed by atoms with E-state index >= 15 is 0 Å². The van der Waals surface area contributed by atoms with Gasteiger partial charge in [0.25, 0.3) is 0 Å². The number of rotatable bonds is 5. The molecule has 1 heterocycles. The molecule has 0 amide bonds. The SMILES string of the molecule is COc1cccc(CN(C)c2nnc(C(C)C)s2)c1. The maximum atomic E-state index is 5.23. The third-order valence-corrected chi connectivity index (χ3v) is 4.14. The van der Waals surface area contributed by atoms with Crippen molar-refractivity contribution in [1.29, 1.82) is 0 Å². The van der Waals surface area contributed by atoms with Gasteiger partial charge in [0.2, 0.25) is 5.13 Å². The van der Waals surface area contributed by atoms with Crippen LogP contribution in [0.1, 0.15) is 30.3 Å². The highest BCUT2D eigenvalue weighted by Gasteiger charge is 2.11. The van der Waals surface area contributed by atoms with Crippen molar-refractivity contribution in [2.75, 3.05) is 19.1 Å². The van der Waals surface area contributed by atoms with E-state index in [-0.39, 0.29) is 0 Å². The summed E-state index contributed by atoms with van der Waals surface area (Å²) in [4.78, 5) is 2.11. The van der Waals surface area contributed by atoms with Crippen molar-refractivity contribution in [3.05, 3.63) is 34.8 Å². The zero-order chi connectivity index (χ0) is 13.8. The molecule has 0 aliphatic carbocycles. The predicted octanol–water partition coefficient (Wildman–Crippen LogP) is 3.31. The molecule has 0 aliphatic heterocycles. The first-order chi connectivity index (χ1) is 9.10. The molecule has 1 aromatic carbocycles. The lowest BCUT2D eigenvalue weighted by atomic mass is 10.2. The molecule has 0 fully saturated rings. The fraction of sp³-hybridized carbons (Fsp3) is 0.429. The Balaban J connectivity index is 2.08. The summed E-state index contributed by atoms with van der Waals surface area (Å²) in [6.07, 6.45) is 0. The van der Waals surface area contributed by atoms with Crippen LogP contribution in [0.3, 0.4) is 0 Å². The molecule has 1 aromatic heterocycles. The van der Waals surface area contributed by atoms with Crippen LogP contribution in [-0.2, 0) is 6.54 Å². The van der Waals surface area contributed by atoms with Gasteiger partial charge in [-0.1, -0.05) is 37.3 Å². The van der Waals surface area contributed by atoms with Crippen LogP contribution in [0.4, 0.5) is 5.13 Å². The summed E-state index contributed by atoms with van der Waals surface area (Å²) in [6, 6.07) is 8.08. The summed E-state index contributed by atoms with van der Waals surface area (Å²) in [5.74, 6) is 1.31. The molecule has 2 rings (SSSR count). The number of hydrogen-bond acceptors (Lipinski definition) is 5. The number of ether oxygens (including phenoxy) is 1. The van der Waals surface area contributed by atoms with Gasteiger partial charge in [0.15, 0.2) is 0 Å². The van der Waals surface area contributed by atoms with Gasteiger partial charge in [-0.3, -0.25) is 0 Å². The number of aromatic nitrogens is 2. The molecular weight excluding hydrogens is 258 g/mol. The zero-order valence-electron chi connectivity index (χ0n) is 11.8. The van der Waals surface area contributed by atoms with Crippen LogP contribution in [0, 0.1) is 0 Å². The van der Waals surface area contributed by atoms with Crippen molar-refractivity contribution >= 4 is 16.5 Å². The monoisotopic (exact) mass is 277 g/mol. The molecule has 4 nitrogen and oxygen atoms in total. The van der Waals surface area contributed by atoms with E-state index in [9.17, 15) is 0 Å². The molecule has 0 spiro atoms. The van der Waals surface area contributed by atoms with Gasteiger partial charge in [0.1, 0.15) is 10.8 Å². The van der Waals surface area contributed by atoms with Gasteiger partial charge in [-0.15, -0.1) is 10.2 Å². The lowest BCUT2D eigenvalue weighted by Crippen LogP contribution is -2.16. The van der Waals surface area contributed by atoms with E-state index in [1.807, 2.05) is 25.2 Å². The minimum atomic E-state index is 0.427. The second-order valence-corrected chi connectivity index (χ2v) is 5.77. The van der Waals surface area contributed by atoms with Crippen molar-refractivity contribution in [2.45, 2.75) is 26.3 Å². The number of nitrogens with zero attached hydrogens (tertiary/aromatic N) is 3. The second kappa shape index (κ2) is 6.02. The Hall–Kier alpha value is -1.62. The van der Waals surface area contributed by atoms with Crippen LogP contribution in [0.2, 0.25) is 0 Å². The Morgan fingerprint density at radius 1 is 1.32 bits per heavy atom. The van der Waals surface area contributed by atoms with E-state index in [1.165, 1.54) is 5.56 Å². The fourth-order valence-corrected chi connectivity index (χ4v) is 2.53. The number of benzene rings is 1. The van der Waals surface area contributed by atoms with Crippen molar-refractivity contribution in [1.82, 2.24) is 10.2 Å². The summed E-state index contributed by atoms with van der Waals surface area (Å²) in [6.45, 7) is 5.06. The minimum absolute atomic E-state index is 0.427. The van der Waals surface area contributed by atoms with Gasteiger partial charge in [-0.25, -0.2) is 0 Å². The molecule has 0 atom stereocenters. The molecule has 102 valence electrons. The van der Waals surface area contributed by atoms with Crippen LogP contribution >= 0.6 is 11.3 Å². The lowest BCUT2D eigenvalue weighted by molar-refractivity contribution is 0.414. The van der Waals surface area contributed by atoms with Crippen LogP contribution in [0.15, 0.2) is 24.3 Å². The normalized spacial score (nSPS) is 10.8. The summed E-state index contributed by atoms with van der Waals surface area (Å²) in [7, 11) is 3.71. The molecule has 0 saturated carbocycles. The smallest absolute Gasteiger partial charge is 0.208 e. The number of hydrogen-bond donors (Lipinski definition) is 0. The molecule has 0 aliphatic rings. The first-order valence-electron chi connectivity index (χ1n) is 6.27. The largest absolute Gasteiger partial charge is 0.497 e. The van der Waals surface area contributed by atoms with E-state index < -0.39 is 0 Å². The van der Waals surface area contributed by atoms with Gasteiger partial charge in [-0.05, 0) is 17.7 Å². The molecule has 19 heavy (non-hydrogen) atoms. The van der Waals surface area contributed by atoms with Gasteiger partial charge >= 0.3 is 0 Å². The van der Waals surface area contributed by atoms with E-state index in [0.717, 1.165) is 22.4 Å². The molecule has 0 unspecified atom stereocenters. The summed E-state index contributed by atoms with van der Waals surface area (Å²) in [5.41, 5.74) is 1.20. The fourth-order valence-electron chi connectivity index (χ4n) is 1.73. The van der Waals surface area contributed by atoms with Gasteiger partial charge in [-0.2, -0.15) is 0 Å². The third-order valence-electron chi connectivity index (χ3n) is 2.80. The van der Waals surface area contributed by atoms with Crippen LogP contribution in [-0.4, -0.2) is 24.4 Å². The minimum Gasteiger partial charge on any atom is -0.497 e. The maximum absolute atomic E-state index is 5.23. The van der Waals surface area contributed by atoms with Crippen molar-refractivity contribution in [3.63, 3.8) is 0 Å². The topological polar surface area (TPSA) is 38.2 Å². The van der Waals surface area contributed by atoms with Gasteiger partial charge in [0.05, 0.1) is 7.11 Å². The highest BCUT2D eigenvalue weighted by atomic mass is 32.1. The quantitative estimate of drug-likeness (QED) is 0.840. The van der Waals surface area contributed by atoms with Crippen molar-refractivity contribution < 1.29 is 4.74 Å². The molecule has 2 aromatic rings. The van der Waals surface area contributed by atoms with Gasteiger partial charge in [0, 0.05) is 19.5 Å². The molecule has 0 N–H and O–H groups in total. The Morgan fingerprint density at radius 3 is 2.74 bits per heavy atom. The van der Waals surface area contributed by atoms with Gasteiger partial charge < -0.3 is 9.64 Å². The van der Waals surface area contributed by atoms with Crippen LogP contribution < -0.4 is 9.64 Å². The molecule has 5 heteroatoms. The Labute approximate surface area is 118 Å². The standard InChI is InChI=1S/C14H19N3OS/c1-10(2)13-15-16-14(19-13)17(3)9-11-6-5-7-12(8-11)18-4/h5-8,10H,9H2,1-4H3. The molecule has 0 bridgehead atoms. The average molecular weight is 277 g/mol. The summed E-state index contributed by atoms with van der Waals surface area (Å²) in [5, 5.41) is 10.5. The highest BCUT2D eigenvalue weighted by molar-refractivity contribution is 7.15. The Bertz CT molecular complexity index is 539. The number of anilines is 1. The Kier molecular flexibility index (Phi) is 4.37. The molecule has 0 saturated heterocycles. The predicted molar refractivity (Wildman–Crippen MR) is 79.1 cm³/mol. The van der Waals surface area contributed by atoms with Crippen molar-refractivity contribution in [3.8, 4) is 5.75 Å². The third kappa shape index (κ3) is 3.44. The van der Waals surface area contributed by atoms with Crippen LogP contribution in [0.5, 0.6) is 5.75 Å². The summed E-state index contributed by atoms with van der Waals surface area (Å²) >= 11 is 1.65. The first kappa shape index (κ1) is 13.8. The van der Waals surface area contributed by atoms with E-state index in [4.69, 9.17) is 4.74 Å². The first-order valence-corrected chi connectivity index (χ1v) is 7.09. The Morgan fingerprint density at radius 2 is 2.11 bits per heavy atom. The number of methoxy groups -OCH3 is 1. The van der Waals surface area contributed by atoms with E-state index in [2.05, 4.69) is 35.0 Å². The van der Waals surface area contributed by atoms with Crippen molar-refractivity contribution in [2.24, 2.45) is 0 Å². The highest BCUT2D eigenvalue weighted by Crippen LogP contribution is 2.26. The van der Waals surface area contributed by atoms with E-state index in [1.54, 1.807) is 18.4 Å². The molecule has 0 radical (unpaired) electrons. The molecular formula is C14H19N3OS. The maximum Gasteiger partial charge on any atom is 0.208 e. The average Bonchev–Trinajstić information content (AvgIpc) is 2.89. The lowest BCUT2D eigenvalue weighted by Gasteiger charge is -2.15. The summed E-state index contributed by atoms with van der Waals surface area (Å²) < 4.78 is 5.23. The zero-order valence-corrected chi connectivity index (χ0v) is 12.6. The van der Waals surface area contributed by atoms with E-state index in [0.29, 0.717) is 5.92 Å². The second-order valence-electron chi connectivity index (χ2n) is 4.79. The van der Waals surface area contributed by atoms with Crippen LogP contribution in [0.25, 0.3) is 0 Å².